The van der Waals surface area contributed by atoms with E-state index in [2.05, 4.69) is 20.3 Å². The molecule has 0 aromatic carbocycles. The molecule has 0 saturated heterocycles. The Morgan fingerprint density at radius 3 is 2.79 bits per heavy atom. The van der Waals surface area contributed by atoms with Gasteiger partial charge < -0.3 is 10.3 Å². The van der Waals surface area contributed by atoms with Crippen LogP contribution in [0.4, 0.5) is 0 Å². The summed E-state index contributed by atoms with van der Waals surface area (Å²) in [4.78, 5) is 23.8. The van der Waals surface area contributed by atoms with Crippen molar-refractivity contribution in [2.75, 3.05) is 13.1 Å². The molecule has 7 heteroatoms. The number of aromatic nitrogens is 3. The fourth-order valence-electron chi connectivity index (χ4n) is 2.15. The van der Waals surface area contributed by atoms with Crippen LogP contribution < -0.4 is 10.9 Å². The number of nitrogens with zero attached hydrogens (tertiary/aromatic N) is 2. The number of aryl methyl sites for hydroxylation is 1. The molecule has 2 aromatic heterocycles. The summed E-state index contributed by atoms with van der Waals surface area (Å²) in [7, 11) is 0. The van der Waals surface area contributed by atoms with Gasteiger partial charge in [0.15, 0.2) is 5.82 Å². The molecule has 102 valence electrons. The third-order valence-corrected chi connectivity index (χ3v) is 3.83. The number of thiazole rings is 1. The summed E-state index contributed by atoms with van der Waals surface area (Å²) < 4.78 is 0. The number of H-pyrrole nitrogens is 1. The summed E-state index contributed by atoms with van der Waals surface area (Å²) in [6, 6.07) is 0. The molecule has 2 N–H and O–H groups in total. The Balaban J connectivity index is 0.00000133. The molecule has 0 amide bonds. The number of halogens is 1. The van der Waals surface area contributed by atoms with Gasteiger partial charge >= 0.3 is 0 Å². The maximum Gasteiger partial charge on any atom is 0.254 e. The van der Waals surface area contributed by atoms with Gasteiger partial charge in [0.25, 0.3) is 5.56 Å². The average Bonchev–Trinajstić information content (AvgIpc) is 2.63. The van der Waals surface area contributed by atoms with Gasteiger partial charge in [-0.1, -0.05) is 0 Å². The first kappa shape index (κ1) is 14.2. The van der Waals surface area contributed by atoms with E-state index < -0.39 is 0 Å². The summed E-state index contributed by atoms with van der Waals surface area (Å²) in [6.07, 6.45) is 1.55. The molecule has 3 rings (SSSR count). The van der Waals surface area contributed by atoms with Crippen LogP contribution in [0.5, 0.6) is 0 Å². The lowest BCUT2D eigenvalue weighted by Gasteiger charge is -2.05. The molecule has 0 aliphatic carbocycles. The Morgan fingerprint density at radius 1 is 1.26 bits per heavy atom. The maximum absolute atomic E-state index is 12.1. The quantitative estimate of drug-likeness (QED) is 0.833. The lowest BCUT2D eigenvalue weighted by atomic mass is 10.1. The Kier molecular flexibility index (Phi) is 4.34. The van der Waals surface area contributed by atoms with E-state index in [4.69, 9.17) is 0 Å². The number of aromatic amines is 1. The van der Waals surface area contributed by atoms with Crippen LogP contribution in [0.1, 0.15) is 16.3 Å². The van der Waals surface area contributed by atoms with E-state index in [1.165, 1.54) is 0 Å². The molecule has 0 fully saturated rings. The van der Waals surface area contributed by atoms with Crippen LogP contribution in [-0.2, 0) is 12.8 Å². The highest BCUT2D eigenvalue weighted by atomic mass is 35.5. The highest BCUT2D eigenvalue weighted by molar-refractivity contribution is 7.09. The van der Waals surface area contributed by atoms with Crippen molar-refractivity contribution < 1.29 is 0 Å². The minimum absolute atomic E-state index is 0. The lowest BCUT2D eigenvalue weighted by Crippen LogP contribution is -2.19. The minimum Gasteiger partial charge on any atom is -0.316 e. The first-order chi connectivity index (χ1) is 8.74. The van der Waals surface area contributed by atoms with Gasteiger partial charge in [0, 0.05) is 23.9 Å². The number of rotatable bonds is 1. The standard InChI is InChI=1S/C12H14N4OS.ClH/c1-7-14-10(6-18-7)11-15-9-3-5-13-4-2-8(9)12(17)16-11;/h6,13H,2-5H2,1H3,(H,15,16,17);1H. The fourth-order valence-corrected chi connectivity index (χ4v) is 2.75. The van der Waals surface area contributed by atoms with Gasteiger partial charge in [0.2, 0.25) is 0 Å². The summed E-state index contributed by atoms with van der Waals surface area (Å²) in [5, 5.41) is 6.18. The van der Waals surface area contributed by atoms with Crippen molar-refractivity contribution >= 4 is 23.7 Å². The third-order valence-electron chi connectivity index (χ3n) is 3.05. The topological polar surface area (TPSA) is 70.7 Å². The fraction of sp³-hybridized carbons (Fsp3) is 0.417. The van der Waals surface area contributed by atoms with E-state index in [0.29, 0.717) is 5.82 Å². The van der Waals surface area contributed by atoms with E-state index >= 15 is 0 Å². The maximum atomic E-state index is 12.1. The predicted molar refractivity (Wildman–Crippen MR) is 78.2 cm³/mol. The summed E-state index contributed by atoms with van der Waals surface area (Å²) >= 11 is 1.56. The number of nitrogens with one attached hydrogen (secondary N) is 2. The van der Waals surface area contributed by atoms with E-state index in [0.717, 1.165) is 47.9 Å². The second-order valence-electron chi connectivity index (χ2n) is 4.34. The third kappa shape index (κ3) is 2.86. The zero-order valence-corrected chi connectivity index (χ0v) is 12.2. The van der Waals surface area contributed by atoms with Crippen LogP contribution >= 0.6 is 23.7 Å². The van der Waals surface area contributed by atoms with Crippen molar-refractivity contribution in [2.24, 2.45) is 0 Å². The van der Waals surface area contributed by atoms with Gasteiger partial charge in [-0.05, 0) is 19.9 Å². The van der Waals surface area contributed by atoms with Crippen molar-refractivity contribution in [3.8, 4) is 11.5 Å². The van der Waals surface area contributed by atoms with Crippen molar-refractivity contribution in [1.29, 1.82) is 0 Å². The van der Waals surface area contributed by atoms with Gasteiger partial charge in [-0.25, -0.2) is 9.97 Å². The average molecular weight is 299 g/mol. The van der Waals surface area contributed by atoms with Crippen LogP contribution in [0.25, 0.3) is 11.5 Å². The first-order valence-electron chi connectivity index (χ1n) is 5.99. The largest absolute Gasteiger partial charge is 0.316 e. The molecule has 19 heavy (non-hydrogen) atoms. The Bertz CT molecular complexity index is 637. The van der Waals surface area contributed by atoms with E-state index in [9.17, 15) is 4.79 Å². The van der Waals surface area contributed by atoms with E-state index in [-0.39, 0.29) is 18.0 Å². The summed E-state index contributed by atoms with van der Waals surface area (Å²) in [5.74, 6) is 0.588. The highest BCUT2D eigenvalue weighted by Gasteiger charge is 2.15. The number of hydrogen-bond acceptors (Lipinski definition) is 5. The molecule has 0 radical (unpaired) electrons. The Labute approximate surface area is 120 Å². The molecule has 0 spiro atoms. The van der Waals surface area contributed by atoms with Crippen molar-refractivity contribution in [1.82, 2.24) is 20.3 Å². The van der Waals surface area contributed by atoms with E-state index in [1.54, 1.807) is 11.3 Å². The minimum atomic E-state index is -0.0237. The highest BCUT2D eigenvalue weighted by Crippen LogP contribution is 2.18. The Hall–Kier alpha value is -1.24. The molecule has 3 heterocycles. The van der Waals surface area contributed by atoms with Crippen LogP contribution in [0.2, 0.25) is 0 Å². The monoisotopic (exact) mass is 298 g/mol. The molecular formula is C12H15ClN4OS. The first-order valence-corrected chi connectivity index (χ1v) is 6.87. The van der Waals surface area contributed by atoms with Gasteiger partial charge in [-0.2, -0.15) is 0 Å². The summed E-state index contributed by atoms with van der Waals surface area (Å²) in [5.41, 5.74) is 2.46. The van der Waals surface area contributed by atoms with E-state index in [1.807, 2.05) is 12.3 Å². The SMILES string of the molecule is Cc1nc(-c2nc3c(c(=O)[nH]2)CCNCC3)cs1.Cl. The molecule has 2 aromatic rings. The molecule has 1 aliphatic rings. The second kappa shape index (κ2) is 5.81. The van der Waals surface area contributed by atoms with Crippen molar-refractivity contribution in [2.45, 2.75) is 19.8 Å². The van der Waals surface area contributed by atoms with Gasteiger partial charge in [0.1, 0.15) is 5.69 Å². The molecule has 0 bridgehead atoms. The zero-order chi connectivity index (χ0) is 12.5. The Morgan fingerprint density at radius 2 is 2.05 bits per heavy atom. The van der Waals surface area contributed by atoms with Crippen molar-refractivity contribution in [3.05, 3.63) is 32.0 Å². The molecule has 0 unspecified atom stereocenters. The van der Waals surface area contributed by atoms with Gasteiger partial charge in [-0.3, -0.25) is 4.79 Å². The van der Waals surface area contributed by atoms with Crippen LogP contribution in [0.3, 0.4) is 0 Å². The number of hydrogen-bond donors (Lipinski definition) is 2. The summed E-state index contributed by atoms with van der Waals surface area (Å²) in [6.45, 7) is 3.66. The van der Waals surface area contributed by atoms with Gasteiger partial charge in [0.05, 0.1) is 10.7 Å². The van der Waals surface area contributed by atoms with Crippen LogP contribution in [0, 0.1) is 6.92 Å². The molecule has 0 saturated carbocycles. The predicted octanol–water partition coefficient (Wildman–Crippen LogP) is 1.31. The van der Waals surface area contributed by atoms with Crippen molar-refractivity contribution in [3.63, 3.8) is 0 Å². The zero-order valence-electron chi connectivity index (χ0n) is 10.5. The second-order valence-corrected chi connectivity index (χ2v) is 5.40. The molecule has 1 aliphatic heterocycles. The lowest BCUT2D eigenvalue weighted by molar-refractivity contribution is 0.708. The normalized spacial score (nSPS) is 14.4. The molecular weight excluding hydrogens is 284 g/mol. The smallest absolute Gasteiger partial charge is 0.254 e. The molecule has 0 atom stereocenters. The van der Waals surface area contributed by atoms with Crippen LogP contribution in [-0.4, -0.2) is 28.0 Å². The number of fused-ring (bicyclic) bond motifs is 1. The van der Waals surface area contributed by atoms with Crippen LogP contribution in [0.15, 0.2) is 10.2 Å². The molecule has 5 nitrogen and oxygen atoms in total. The van der Waals surface area contributed by atoms with Gasteiger partial charge in [-0.15, -0.1) is 23.7 Å².